The van der Waals surface area contributed by atoms with Crippen molar-refractivity contribution in [2.24, 2.45) is 0 Å². The largest absolute Gasteiger partial charge is 0.424 e. The standard InChI is InChI=1S/C15H19N5O/c1-11-6-5-7-12(10-11)21-15-18-13(16-2)17-14(19-15)20-8-3-4-9-20/h5-7,10H,3-4,8-9H2,1-2H3,(H,16,17,18,19). The Hall–Kier alpha value is -2.37. The van der Waals surface area contributed by atoms with Crippen molar-refractivity contribution in [2.75, 3.05) is 30.4 Å². The predicted molar refractivity (Wildman–Crippen MR) is 82.1 cm³/mol. The summed E-state index contributed by atoms with van der Waals surface area (Å²) in [6.07, 6.45) is 2.35. The molecule has 0 aliphatic carbocycles. The predicted octanol–water partition coefficient (Wildman–Crippen LogP) is 2.61. The van der Waals surface area contributed by atoms with Crippen molar-refractivity contribution >= 4 is 11.9 Å². The first-order chi connectivity index (χ1) is 10.2. The summed E-state index contributed by atoms with van der Waals surface area (Å²) in [5.41, 5.74) is 1.13. The van der Waals surface area contributed by atoms with E-state index in [2.05, 4.69) is 25.2 Å². The van der Waals surface area contributed by atoms with E-state index in [0.717, 1.165) is 24.4 Å². The van der Waals surface area contributed by atoms with E-state index >= 15 is 0 Å². The molecular weight excluding hydrogens is 266 g/mol. The van der Waals surface area contributed by atoms with Gasteiger partial charge in [-0.05, 0) is 37.5 Å². The minimum absolute atomic E-state index is 0.321. The van der Waals surface area contributed by atoms with Gasteiger partial charge in [0.1, 0.15) is 5.75 Å². The highest BCUT2D eigenvalue weighted by Crippen LogP contribution is 2.23. The average Bonchev–Trinajstić information content (AvgIpc) is 3.01. The summed E-state index contributed by atoms with van der Waals surface area (Å²) in [4.78, 5) is 15.3. The molecule has 110 valence electrons. The molecule has 1 aliphatic rings. The highest BCUT2D eigenvalue weighted by molar-refractivity contribution is 5.40. The van der Waals surface area contributed by atoms with Crippen LogP contribution in [-0.2, 0) is 0 Å². The normalized spacial score (nSPS) is 14.3. The molecule has 1 saturated heterocycles. The summed E-state index contributed by atoms with van der Waals surface area (Å²) in [6.45, 7) is 3.99. The molecule has 3 rings (SSSR count). The second-order valence-corrected chi connectivity index (χ2v) is 5.10. The summed E-state index contributed by atoms with van der Waals surface area (Å²) >= 11 is 0. The average molecular weight is 285 g/mol. The van der Waals surface area contributed by atoms with Gasteiger partial charge in [0, 0.05) is 20.1 Å². The number of nitrogens with one attached hydrogen (secondary N) is 1. The zero-order chi connectivity index (χ0) is 14.7. The lowest BCUT2D eigenvalue weighted by Crippen LogP contribution is -2.21. The fourth-order valence-electron chi connectivity index (χ4n) is 2.35. The van der Waals surface area contributed by atoms with Gasteiger partial charge in [0.05, 0.1) is 0 Å². The lowest BCUT2D eigenvalue weighted by Gasteiger charge is -2.16. The lowest BCUT2D eigenvalue weighted by atomic mass is 10.2. The molecule has 21 heavy (non-hydrogen) atoms. The molecule has 0 spiro atoms. The van der Waals surface area contributed by atoms with Crippen molar-refractivity contribution in [3.63, 3.8) is 0 Å². The summed E-state index contributed by atoms with van der Waals surface area (Å²) < 4.78 is 5.77. The molecule has 1 aromatic heterocycles. The number of ether oxygens (including phenoxy) is 1. The molecule has 2 aromatic rings. The summed E-state index contributed by atoms with van der Waals surface area (Å²) in [6, 6.07) is 8.15. The van der Waals surface area contributed by atoms with Gasteiger partial charge >= 0.3 is 6.01 Å². The van der Waals surface area contributed by atoms with Crippen LogP contribution < -0.4 is 15.0 Å². The zero-order valence-electron chi connectivity index (χ0n) is 12.3. The molecule has 0 bridgehead atoms. The van der Waals surface area contributed by atoms with E-state index in [9.17, 15) is 0 Å². The van der Waals surface area contributed by atoms with Crippen LogP contribution in [0.5, 0.6) is 11.8 Å². The number of nitrogens with zero attached hydrogens (tertiary/aromatic N) is 4. The summed E-state index contributed by atoms with van der Waals surface area (Å²) in [7, 11) is 1.79. The fourth-order valence-corrected chi connectivity index (χ4v) is 2.35. The SMILES string of the molecule is CNc1nc(Oc2cccc(C)c2)nc(N2CCCC2)n1. The van der Waals surface area contributed by atoms with E-state index in [1.807, 2.05) is 31.2 Å². The number of aromatic nitrogens is 3. The Morgan fingerprint density at radius 3 is 2.67 bits per heavy atom. The van der Waals surface area contributed by atoms with Crippen LogP contribution in [0.2, 0.25) is 0 Å². The van der Waals surface area contributed by atoms with E-state index in [1.54, 1.807) is 7.05 Å². The summed E-state index contributed by atoms with van der Waals surface area (Å²) in [5, 5.41) is 2.96. The van der Waals surface area contributed by atoms with Crippen molar-refractivity contribution in [1.29, 1.82) is 0 Å². The third-order valence-corrected chi connectivity index (χ3v) is 3.41. The maximum absolute atomic E-state index is 5.77. The van der Waals surface area contributed by atoms with Crippen LogP contribution in [0.3, 0.4) is 0 Å². The van der Waals surface area contributed by atoms with Gasteiger partial charge < -0.3 is 15.0 Å². The molecule has 1 aromatic carbocycles. The number of hydrogen-bond acceptors (Lipinski definition) is 6. The van der Waals surface area contributed by atoms with E-state index in [0.29, 0.717) is 17.9 Å². The maximum Gasteiger partial charge on any atom is 0.328 e. The smallest absolute Gasteiger partial charge is 0.328 e. The number of hydrogen-bond donors (Lipinski definition) is 1. The Bertz CT molecular complexity index is 625. The monoisotopic (exact) mass is 285 g/mol. The summed E-state index contributed by atoms with van der Waals surface area (Å²) in [5.74, 6) is 1.93. The molecule has 0 saturated carbocycles. The van der Waals surface area contributed by atoms with Crippen LogP contribution >= 0.6 is 0 Å². The quantitative estimate of drug-likeness (QED) is 0.931. The van der Waals surface area contributed by atoms with Crippen molar-refractivity contribution < 1.29 is 4.74 Å². The molecule has 0 atom stereocenters. The third-order valence-electron chi connectivity index (χ3n) is 3.41. The van der Waals surface area contributed by atoms with Crippen molar-refractivity contribution in [3.05, 3.63) is 29.8 Å². The van der Waals surface area contributed by atoms with Crippen LogP contribution in [-0.4, -0.2) is 35.1 Å². The van der Waals surface area contributed by atoms with Gasteiger partial charge in [-0.3, -0.25) is 0 Å². The molecule has 6 nitrogen and oxygen atoms in total. The van der Waals surface area contributed by atoms with Crippen molar-refractivity contribution in [2.45, 2.75) is 19.8 Å². The Morgan fingerprint density at radius 1 is 1.14 bits per heavy atom. The molecule has 0 amide bonds. The Labute approximate surface area is 124 Å². The van der Waals surface area contributed by atoms with Crippen LogP contribution in [0.4, 0.5) is 11.9 Å². The molecule has 6 heteroatoms. The van der Waals surface area contributed by atoms with Crippen molar-refractivity contribution in [1.82, 2.24) is 15.0 Å². The minimum Gasteiger partial charge on any atom is -0.424 e. The van der Waals surface area contributed by atoms with Gasteiger partial charge in [-0.1, -0.05) is 12.1 Å². The first-order valence-electron chi connectivity index (χ1n) is 7.18. The first kappa shape index (κ1) is 13.6. The van der Waals surface area contributed by atoms with Gasteiger partial charge in [-0.15, -0.1) is 0 Å². The molecule has 0 unspecified atom stereocenters. The Morgan fingerprint density at radius 2 is 1.95 bits per heavy atom. The lowest BCUT2D eigenvalue weighted by molar-refractivity contribution is 0.440. The number of rotatable bonds is 4. The van der Waals surface area contributed by atoms with Gasteiger partial charge in [-0.2, -0.15) is 15.0 Å². The minimum atomic E-state index is 0.321. The van der Waals surface area contributed by atoms with Crippen LogP contribution in [0.1, 0.15) is 18.4 Å². The molecule has 1 fully saturated rings. The highest BCUT2D eigenvalue weighted by atomic mass is 16.5. The van der Waals surface area contributed by atoms with E-state index in [1.165, 1.54) is 12.8 Å². The Kier molecular flexibility index (Phi) is 3.85. The van der Waals surface area contributed by atoms with Gasteiger partial charge in [0.2, 0.25) is 11.9 Å². The Balaban J connectivity index is 1.88. The molecule has 0 radical (unpaired) electrons. The van der Waals surface area contributed by atoms with E-state index in [-0.39, 0.29) is 0 Å². The van der Waals surface area contributed by atoms with Gasteiger partial charge in [0.25, 0.3) is 0 Å². The maximum atomic E-state index is 5.77. The van der Waals surface area contributed by atoms with E-state index in [4.69, 9.17) is 4.74 Å². The van der Waals surface area contributed by atoms with E-state index < -0.39 is 0 Å². The topological polar surface area (TPSA) is 63.2 Å². The molecule has 1 N–H and O–H groups in total. The number of anilines is 2. The van der Waals surface area contributed by atoms with Crippen LogP contribution in [0.25, 0.3) is 0 Å². The van der Waals surface area contributed by atoms with Gasteiger partial charge in [-0.25, -0.2) is 0 Å². The van der Waals surface area contributed by atoms with Gasteiger partial charge in [0.15, 0.2) is 0 Å². The van der Waals surface area contributed by atoms with Crippen molar-refractivity contribution in [3.8, 4) is 11.8 Å². The van der Waals surface area contributed by atoms with Crippen LogP contribution in [0, 0.1) is 6.92 Å². The van der Waals surface area contributed by atoms with Crippen LogP contribution in [0.15, 0.2) is 24.3 Å². The first-order valence-corrected chi connectivity index (χ1v) is 7.18. The second-order valence-electron chi connectivity index (χ2n) is 5.10. The molecular formula is C15H19N5O. The molecule has 1 aliphatic heterocycles. The number of benzene rings is 1. The fraction of sp³-hybridized carbons (Fsp3) is 0.400. The molecule has 2 heterocycles. The third kappa shape index (κ3) is 3.21. The number of aryl methyl sites for hydroxylation is 1. The highest BCUT2D eigenvalue weighted by Gasteiger charge is 2.17. The second kappa shape index (κ2) is 5.95. The zero-order valence-corrected chi connectivity index (χ0v) is 12.3.